The molecule has 0 saturated carbocycles. The average molecular weight is 312 g/mol. The molecule has 0 saturated heterocycles. The fourth-order valence-corrected chi connectivity index (χ4v) is 2.43. The Kier molecular flexibility index (Phi) is 5.68. The summed E-state index contributed by atoms with van der Waals surface area (Å²) in [4.78, 5) is 22.9. The molecule has 2 aromatic rings. The van der Waals surface area contributed by atoms with Crippen molar-refractivity contribution >= 4 is 11.9 Å². The fourth-order valence-electron chi connectivity index (χ4n) is 2.43. The van der Waals surface area contributed by atoms with E-state index in [1.807, 2.05) is 26.8 Å². The summed E-state index contributed by atoms with van der Waals surface area (Å²) in [5.74, 6) is 0.432. The Hall–Kier alpha value is -2.43. The van der Waals surface area contributed by atoms with Gasteiger partial charge < -0.3 is 10.2 Å². The summed E-state index contributed by atoms with van der Waals surface area (Å²) in [6.45, 7) is 9.84. The third-order valence-electron chi connectivity index (χ3n) is 3.66. The van der Waals surface area contributed by atoms with Crippen LogP contribution in [0.5, 0.6) is 0 Å². The van der Waals surface area contributed by atoms with E-state index in [1.54, 1.807) is 11.0 Å². The maximum Gasteiger partial charge on any atom is 0.272 e. The number of rotatable bonds is 6. The molecule has 1 aromatic carbocycles. The summed E-state index contributed by atoms with van der Waals surface area (Å²) in [6, 6.07) is 9.99. The molecule has 1 heterocycles. The Balaban J connectivity index is 2.15. The predicted octanol–water partition coefficient (Wildman–Crippen LogP) is 3.19. The van der Waals surface area contributed by atoms with Crippen LogP contribution in [0.4, 0.5) is 5.95 Å². The highest BCUT2D eigenvalue weighted by Crippen LogP contribution is 2.10. The quantitative estimate of drug-likeness (QED) is 0.890. The number of nitrogens with one attached hydrogen (secondary N) is 1. The summed E-state index contributed by atoms with van der Waals surface area (Å²) < 4.78 is 0. The first-order chi connectivity index (χ1) is 11.0. The predicted molar refractivity (Wildman–Crippen MR) is 92.5 cm³/mol. The maximum atomic E-state index is 12.4. The Bertz CT molecular complexity index is 680. The van der Waals surface area contributed by atoms with E-state index < -0.39 is 0 Å². The van der Waals surface area contributed by atoms with Crippen molar-refractivity contribution in [1.29, 1.82) is 0 Å². The monoisotopic (exact) mass is 312 g/mol. The minimum atomic E-state index is -0.0564. The van der Waals surface area contributed by atoms with Gasteiger partial charge in [-0.15, -0.1) is 0 Å². The van der Waals surface area contributed by atoms with Crippen LogP contribution in [0.1, 0.15) is 41.2 Å². The van der Waals surface area contributed by atoms with Gasteiger partial charge in [-0.2, -0.15) is 0 Å². The number of hydrogen-bond acceptors (Lipinski definition) is 4. The van der Waals surface area contributed by atoms with Crippen molar-refractivity contribution in [3.63, 3.8) is 0 Å². The number of aryl methyl sites for hydroxylation is 2. The van der Waals surface area contributed by atoms with E-state index in [1.165, 1.54) is 5.56 Å². The molecule has 0 aliphatic heterocycles. The van der Waals surface area contributed by atoms with Gasteiger partial charge >= 0.3 is 0 Å². The van der Waals surface area contributed by atoms with E-state index in [-0.39, 0.29) is 5.91 Å². The Morgan fingerprint density at radius 2 is 1.87 bits per heavy atom. The molecule has 2 rings (SSSR count). The molecule has 5 nitrogen and oxygen atoms in total. The van der Waals surface area contributed by atoms with E-state index in [4.69, 9.17) is 0 Å². The molecule has 0 bridgehead atoms. The van der Waals surface area contributed by atoms with E-state index >= 15 is 0 Å². The van der Waals surface area contributed by atoms with E-state index in [2.05, 4.69) is 40.4 Å². The fraction of sp³-hybridized carbons (Fsp3) is 0.389. The van der Waals surface area contributed by atoms with Gasteiger partial charge in [-0.25, -0.2) is 9.97 Å². The van der Waals surface area contributed by atoms with Crippen LogP contribution in [0.15, 0.2) is 30.3 Å². The molecular weight excluding hydrogens is 288 g/mol. The van der Waals surface area contributed by atoms with E-state index in [0.717, 1.165) is 11.3 Å². The van der Waals surface area contributed by atoms with Crippen molar-refractivity contribution in [3.8, 4) is 0 Å². The van der Waals surface area contributed by atoms with Crippen molar-refractivity contribution in [2.24, 2.45) is 0 Å². The van der Waals surface area contributed by atoms with E-state index in [9.17, 15) is 4.79 Å². The van der Waals surface area contributed by atoms with Gasteiger partial charge in [-0.1, -0.05) is 29.8 Å². The first kappa shape index (κ1) is 16.9. The van der Waals surface area contributed by atoms with Crippen molar-refractivity contribution in [1.82, 2.24) is 14.9 Å². The largest absolute Gasteiger partial charge is 0.350 e. The Morgan fingerprint density at radius 1 is 1.13 bits per heavy atom. The summed E-state index contributed by atoms with van der Waals surface area (Å²) >= 11 is 0. The van der Waals surface area contributed by atoms with Crippen molar-refractivity contribution in [3.05, 3.63) is 52.8 Å². The Labute approximate surface area is 137 Å². The lowest BCUT2D eigenvalue weighted by Crippen LogP contribution is -2.31. The first-order valence-corrected chi connectivity index (χ1v) is 7.97. The molecule has 122 valence electrons. The summed E-state index contributed by atoms with van der Waals surface area (Å²) in [5.41, 5.74) is 3.59. The third-order valence-corrected chi connectivity index (χ3v) is 3.66. The number of carbonyl (C=O) groups excluding carboxylic acids is 1. The molecule has 0 fully saturated rings. The van der Waals surface area contributed by atoms with Gasteiger partial charge in [0.2, 0.25) is 5.95 Å². The lowest BCUT2D eigenvalue weighted by molar-refractivity contribution is 0.0767. The van der Waals surface area contributed by atoms with Crippen LogP contribution in [0, 0.1) is 13.8 Å². The van der Waals surface area contributed by atoms with Crippen LogP contribution in [0.25, 0.3) is 0 Å². The lowest BCUT2D eigenvalue weighted by atomic mass is 10.1. The molecule has 0 aliphatic carbocycles. The minimum Gasteiger partial charge on any atom is -0.350 e. The summed E-state index contributed by atoms with van der Waals surface area (Å²) in [7, 11) is 0. The van der Waals surface area contributed by atoms with Crippen molar-refractivity contribution < 1.29 is 4.79 Å². The van der Waals surface area contributed by atoms with Gasteiger partial charge in [0.1, 0.15) is 5.69 Å². The highest BCUT2D eigenvalue weighted by molar-refractivity contribution is 5.92. The van der Waals surface area contributed by atoms with Crippen LogP contribution in [-0.4, -0.2) is 33.9 Å². The number of carbonyl (C=O) groups is 1. The van der Waals surface area contributed by atoms with Gasteiger partial charge in [0.15, 0.2) is 0 Å². The average Bonchev–Trinajstić information content (AvgIpc) is 2.53. The number of benzene rings is 1. The first-order valence-electron chi connectivity index (χ1n) is 7.97. The molecular formula is C18H24N4O. The normalized spacial score (nSPS) is 10.4. The highest BCUT2D eigenvalue weighted by Gasteiger charge is 2.15. The SMILES string of the molecule is CCN(CC)C(=O)c1cc(C)nc(NCc2cccc(C)c2)n1. The smallest absolute Gasteiger partial charge is 0.272 e. The highest BCUT2D eigenvalue weighted by atomic mass is 16.2. The van der Waals surface area contributed by atoms with Gasteiger partial charge in [0.05, 0.1) is 0 Å². The lowest BCUT2D eigenvalue weighted by Gasteiger charge is -2.18. The molecule has 0 aliphatic rings. The second kappa shape index (κ2) is 7.72. The molecule has 5 heteroatoms. The number of aromatic nitrogens is 2. The standard InChI is InChI=1S/C18H24N4O/c1-5-22(6-2)17(23)16-11-14(4)20-18(21-16)19-12-15-9-7-8-13(3)10-15/h7-11H,5-6,12H2,1-4H3,(H,19,20,21). The summed E-state index contributed by atoms with van der Waals surface area (Å²) in [6.07, 6.45) is 0. The minimum absolute atomic E-state index is 0.0564. The zero-order valence-electron chi connectivity index (χ0n) is 14.3. The molecule has 0 unspecified atom stereocenters. The zero-order chi connectivity index (χ0) is 16.8. The van der Waals surface area contributed by atoms with Crippen LogP contribution in [-0.2, 0) is 6.54 Å². The van der Waals surface area contributed by atoms with Crippen LogP contribution in [0.3, 0.4) is 0 Å². The van der Waals surface area contributed by atoms with Gasteiger partial charge in [-0.3, -0.25) is 4.79 Å². The van der Waals surface area contributed by atoms with Crippen molar-refractivity contribution in [2.45, 2.75) is 34.2 Å². The van der Waals surface area contributed by atoms with Gasteiger partial charge in [0, 0.05) is 25.3 Å². The Morgan fingerprint density at radius 3 is 2.52 bits per heavy atom. The number of hydrogen-bond donors (Lipinski definition) is 1. The number of anilines is 1. The molecule has 1 amide bonds. The molecule has 1 N–H and O–H groups in total. The van der Waals surface area contributed by atoms with Gasteiger partial charge in [-0.05, 0) is 39.3 Å². The van der Waals surface area contributed by atoms with Crippen LogP contribution in [0.2, 0.25) is 0 Å². The van der Waals surface area contributed by atoms with Crippen LogP contribution < -0.4 is 5.32 Å². The topological polar surface area (TPSA) is 58.1 Å². The summed E-state index contributed by atoms with van der Waals surface area (Å²) in [5, 5.41) is 3.21. The molecule has 0 spiro atoms. The second-order valence-corrected chi connectivity index (χ2v) is 5.54. The maximum absolute atomic E-state index is 12.4. The third kappa shape index (κ3) is 4.52. The van der Waals surface area contributed by atoms with Gasteiger partial charge in [0.25, 0.3) is 5.91 Å². The number of amides is 1. The molecule has 0 atom stereocenters. The van der Waals surface area contributed by atoms with Crippen molar-refractivity contribution in [2.75, 3.05) is 18.4 Å². The molecule has 1 aromatic heterocycles. The second-order valence-electron chi connectivity index (χ2n) is 5.54. The zero-order valence-corrected chi connectivity index (χ0v) is 14.3. The van der Waals surface area contributed by atoms with E-state index in [0.29, 0.717) is 31.3 Å². The molecule has 23 heavy (non-hydrogen) atoms. The number of nitrogens with zero attached hydrogens (tertiary/aromatic N) is 3. The molecule has 0 radical (unpaired) electrons. The van der Waals surface area contributed by atoms with Crippen LogP contribution >= 0.6 is 0 Å².